The number of halogens is 1. The van der Waals surface area contributed by atoms with E-state index in [2.05, 4.69) is 0 Å². The number of amides is 1. The van der Waals surface area contributed by atoms with E-state index in [0.29, 0.717) is 49.9 Å². The minimum atomic E-state index is -0.0316. The Morgan fingerprint density at radius 1 is 1.04 bits per heavy atom. The van der Waals surface area contributed by atoms with Crippen molar-refractivity contribution in [2.24, 2.45) is 0 Å². The van der Waals surface area contributed by atoms with Gasteiger partial charge in [0.1, 0.15) is 0 Å². The molecular weight excluding hydrogens is 328 g/mol. The van der Waals surface area contributed by atoms with Gasteiger partial charge in [-0.15, -0.1) is 0 Å². The Morgan fingerprint density at radius 2 is 1.79 bits per heavy atom. The SMILES string of the molecule is O=C(CN1CCN(C(=O)Cc2ccccc2Cl)CC1)c1ccco1. The van der Waals surface area contributed by atoms with E-state index >= 15 is 0 Å². The third-order valence-corrected chi connectivity index (χ3v) is 4.56. The average Bonchev–Trinajstić information content (AvgIpc) is 3.12. The number of benzene rings is 1. The van der Waals surface area contributed by atoms with Crippen LogP contribution >= 0.6 is 11.6 Å². The highest BCUT2D eigenvalue weighted by Gasteiger charge is 2.23. The number of carbonyl (C=O) groups is 2. The summed E-state index contributed by atoms with van der Waals surface area (Å²) in [6.45, 7) is 2.92. The summed E-state index contributed by atoms with van der Waals surface area (Å²) in [6, 6.07) is 10.8. The van der Waals surface area contributed by atoms with Crippen LogP contribution < -0.4 is 0 Å². The van der Waals surface area contributed by atoms with Crippen molar-refractivity contribution < 1.29 is 14.0 Å². The van der Waals surface area contributed by atoms with Crippen molar-refractivity contribution in [3.8, 4) is 0 Å². The van der Waals surface area contributed by atoms with Crippen LogP contribution in [0.5, 0.6) is 0 Å². The Labute approximate surface area is 145 Å². The normalized spacial score (nSPS) is 15.5. The average molecular weight is 347 g/mol. The van der Waals surface area contributed by atoms with Crippen LogP contribution in [0, 0.1) is 0 Å². The van der Waals surface area contributed by atoms with Crippen molar-refractivity contribution in [2.75, 3.05) is 32.7 Å². The molecule has 0 unspecified atom stereocenters. The number of piperazine rings is 1. The van der Waals surface area contributed by atoms with Crippen LogP contribution in [0.4, 0.5) is 0 Å². The van der Waals surface area contributed by atoms with Gasteiger partial charge in [0.05, 0.1) is 19.2 Å². The number of ketones is 1. The second kappa shape index (κ2) is 7.64. The molecule has 3 rings (SSSR count). The van der Waals surface area contributed by atoms with Gasteiger partial charge in [0.25, 0.3) is 0 Å². The molecule has 0 atom stereocenters. The van der Waals surface area contributed by atoms with Crippen LogP contribution in [0.1, 0.15) is 16.1 Å². The fourth-order valence-electron chi connectivity index (χ4n) is 2.79. The summed E-state index contributed by atoms with van der Waals surface area (Å²) < 4.78 is 5.12. The smallest absolute Gasteiger partial charge is 0.227 e. The molecule has 0 N–H and O–H groups in total. The minimum absolute atomic E-state index is 0.0316. The number of hydrogen-bond acceptors (Lipinski definition) is 4. The number of Topliss-reactive ketones (excluding diaryl/α,β-unsaturated/α-hetero) is 1. The molecule has 1 saturated heterocycles. The molecule has 1 aromatic carbocycles. The fraction of sp³-hybridized carbons (Fsp3) is 0.333. The molecule has 1 amide bonds. The topological polar surface area (TPSA) is 53.8 Å². The zero-order valence-corrected chi connectivity index (χ0v) is 14.0. The third-order valence-electron chi connectivity index (χ3n) is 4.19. The first kappa shape index (κ1) is 16.7. The van der Waals surface area contributed by atoms with E-state index in [1.54, 1.807) is 18.2 Å². The van der Waals surface area contributed by atoms with Crippen LogP contribution in [-0.2, 0) is 11.2 Å². The van der Waals surface area contributed by atoms with Crippen LogP contribution in [0.15, 0.2) is 47.1 Å². The van der Waals surface area contributed by atoms with Gasteiger partial charge in [0.2, 0.25) is 11.7 Å². The van der Waals surface area contributed by atoms with Crippen LogP contribution in [0.3, 0.4) is 0 Å². The van der Waals surface area contributed by atoms with Gasteiger partial charge in [0, 0.05) is 31.2 Å². The van der Waals surface area contributed by atoms with Crippen molar-refractivity contribution in [1.82, 2.24) is 9.80 Å². The highest BCUT2D eigenvalue weighted by Crippen LogP contribution is 2.17. The maximum atomic E-state index is 12.4. The zero-order chi connectivity index (χ0) is 16.9. The van der Waals surface area contributed by atoms with Crippen molar-refractivity contribution >= 4 is 23.3 Å². The summed E-state index contributed by atoms with van der Waals surface area (Å²) in [4.78, 5) is 28.3. The largest absolute Gasteiger partial charge is 0.461 e. The maximum Gasteiger partial charge on any atom is 0.227 e. The number of carbonyl (C=O) groups excluding carboxylic acids is 2. The third kappa shape index (κ3) is 4.04. The van der Waals surface area contributed by atoms with Gasteiger partial charge < -0.3 is 9.32 Å². The first-order valence-electron chi connectivity index (χ1n) is 7.94. The predicted molar refractivity (Wildman–Crippen MR) is 91.2 cm³/mol. The molecule has 1 fully saturated rings. The van der Waals surface area contributed by atoms with E-state index in [1.807, 2.05) is 28.0 Å². The molecule has 1 aromatic heterocycles. The van der Waals surface area contributed by atoms with Crippen molar-refractivity contribution in [1.29, 1.82) is 0 Å². The van der Waals surface area contributed by atoms with Gasteiger partial charge in [-0.2, -0.15) is 0 Å². The Morgan fingerprint density at radius 3 is 2.46 bits per heavy atom. The highest BCUT2D eigenvalue weighted by atomic mass is 35.5. The Kier molecular flexibility index (Phi) is 5.33. The lowest BCUT2D eigenvalue weighted by molar-refractivity contribution is -0.132. The first-order valence-corrected chi connectivity index (χ1v) is 8.31. The lowest BCUT2D eigenvalue weighted by Crippen LogP contribution is -2.50. The van der Waals surface area contributed by atoms with E-state index < -0.39 is 0 Å². The van der Waals surface area contributed by atoms with Crippen LogP contribution in [-0.4, -0.2) is 54.2 Å². The molecule has 1 aliphatic rings. The summed E-state index contributed by atoms with van der Waals surface area (Å²) in [6.07, 6.45) is 1.81. The first-order chi connectivity index (χ1) is 11.6. The minimum Gasteiger partial charge on any atom is -0.461 e. The van der Waals surface area contributed by atoms with Crippen LogP contribution in [0.25, 0.3) is 0 Å². The van der Waals surface area contributed by atoms with E-state index in [-0.39, 0.29) is 11.7 Å². The summed E-state index contributed by atoms with van der Waals surface area (Å²) in [5.41, 5.74) is 0.847. The molecule has 2 aromatic rings. The summed E-state index contributed by atoms with van der Waals surface area (Å²) in [7, 11) is 0. The van der Waals surface area contributed by atoms with Gasteiger partial charge in [-0.3, -0.25) is 14.5 Å². The summed E-state index contributed by atoms with van der Waals surface area (Å²) in [5.74, 6) is 0.420. The molecule has 0 saturated carbocycles. The molecule has 2 heterocycles. The molecule has 6 heteroatoms. The van der Waals surface area contributed by atoms with E-state index in [9.17, 15) is 9.59 Å². The lowest BCUT2D eigenvalue weighted by atomic mass is 10.1. The maximum absolute atomic E-state index is 12.4. The van der Waals surface area contributed by atoms with Gasteiger partial charge in [0.15, 0.2) is 5.76 Å². The molecule has 1 aliphatic heterocycles. The number of furan rings is 1. The predicted octanol–water partition coefficient (Wildman–Crippen LogP) is 2.50. The Hall–Kier alpha value is -2.11. The van der Waals surface area contributed by atoms with E-state index in [1.165, 1.54) is 6.26 Å². The van der Waals surface area contributed by atoms with Crippen molar-refractivity contribution in [3.05, 3.63) is 59.0 Å². The van der Waals surface area contributed by atoms with Gasteiger partial charge >= 0.3 is 0 Å². The van der Waals surface area contributed by atoms with Gasteiger partial charge in [-0.1, -0.05) is 29.8 Å². The Balaban J connectivity index is 1.49. The molecule has 0 radical (unpaired) electrons. The number of nitrogens with zero attached hydrogens (tertiary/aromatic N) is 2. The second-order valence-electron chi connectivity index (χ2n) is 5.83. The highest BCUT2D eigenvalue weighted by molar-refractivity contribution is 6.31. The van der Waals surface area contributed by atoms with Crippen molar-refractivity contribution in [3.63, 3.8) is 0 Å². The quantitative estimate of drug-likeness (QED) is 0.781. The molecule has 24 heavy (non-hydrogen) atoms. The molecule has 0 aliphatic carbocycles. The van der Waals surface area contributed by atoms with Gasteiger partial charge in [-0.05, 0) is 23.8 Å². The van der Waals surface area contributed by atoms with E-state index in [4.69, 9.17) is 16.0 Å². The lowest BCUT2D eigenvalue weighted by Gasteiger charge is -2.34. The van der Waals surface area contributed by atoms with Crippen molar-refractivity contribution in [2.45, 2.75) is 6.42 Å². The molecule has 0 bridgehead atoms. The molecule has 0 spiro atoms. The second-order valence-corrected chi connectivity index (χ2v) is 6.23. The van der Waals surface area contributed by atoms with Crippen LogP contribution in [0.2, 0.25) is 5.02 Å². The van der Waals surface area contributed by atoms with E-state index in [0.717, 1.165) is 5.56 Å². The molecule has 5 nitrogen and oxygen atoms in total. The number of hydrogen-bond donors (Lipinski definition) is 0. The van der Waals surface area contributed by atoms with Gasteiger partial charge in [-0.25, -0.2) is 0 Å². The molecule has 126 valence electrons. The summed E-state index contributed by atoms with van der Waals surface area (Å²) in [5, 5.41) is 0.619. The fourth-order valence-corrected chi connectivity index (χ4v) is 2.99. The number of rotatable bonds is 5. The Bertz CT molecular complexity index is 707. The summed E-state index contributed by atoms with van der Waals surface area (Å²) >= 11 is 6.11. The molecular formula is C18H19ClN2O3. The standard InChI is InChI=1S/C18H19ClN2O3/c19-15-5-2-1-4-14(15)12-18(23)21-9-7-20(8-10-21)13-16(22)17-6-3-11-24-17/h1-6,11H,7-10,12-13H2. The zero-order valence-electron chi connectivity index (χ0n) is 13.3. The monoisotopic (exact) mass is 346 g/mol.